The van der Waals surface area contributed by atoms with Gasteiger partial charge in [-0.15, -0.1) is 0 Å². The second kappa shape index (κ2) is 13.2. The molecule has 0 aromatic heterocycles. The van der Waals surface area contributed by atoms with E-state index in [1.165, 1.54) is 18.1 Å². The molecule has 9 rings (SSSR count). The zero-order valence-electron chi connectivity index (χ0n) is 29.9. The molecule has 1 N–H and O–H groups in total. The third kappa shape index (κ3) is 5.09. The van der Waals surface area contributed by atoms with Gasteiger partial charge in [0.1, 0.15) is 11.5 Å². The van der Waals surface area contributed by atoms with E-state index in [9.17, 15) is 14.7 Å². The highest BCUT2D eigenvalue weighted by Gasteiger charge is 2.66. The van der Waals surface area contributed by atoms with Crippen LogP contribution in [0.3, 0.4) is 0 Å². The molecular weight excluding hydrogens is 681 g/mol. The molecule has 1 saturated carbocycles. The first-order valence-corrected chi connectivity index (χ1v) is 18.6. The van der Waals surface area contributed by atoms with Crippen molar-refractivity contribution >= 4 is 40.3 Å². The smallest absolute Gasteiger partial charge is 0.238 e. The van der Waals surface area contributed by atoms with Gasteiger partial charge >= 0.3 is 0 Å². The number of amides is 2. The largest absolute Gasteiger partial charge is 0.508 e. The molecule has 2 saturated heterocycles. The number of phenols is 1. The molecule has 2 amide bonds. The Balaban J connectivity index is 1.20. The highest BCUT2D eigenvalue weighted by Crippen LogP contribution is 2.64. The van der Waals surface area contributed by atoms with Crippen LogP contribution in [-0.4, -0.2) is 61.9 Å². The highest BCUT2D eigenvalue weighted by atomic mass is 16.5. The summed E-state index contributed by atoms with van der Waals surface area (Å²) in [6.07, 6.45) is 3.94. The molecular formula is C45H40N2O7. The van der Waals surface area contributed by atoms with Crippen molar-refractivity contribution in [3.8, 4) is 11.5 Å². The van der Waals surface area contributed by atoms with Crippen LogP contribution in [0.25, 0.3) is 5.57 Å². The fourth-order valence-corrected chi connectivity index (χ4v) is 10.00. The van der Waals surface area contributed by atoms with E-state index in [1.807, 2.05) is 91.0 Å². The maximum atomic E-state index is 15.2. The molecule has 9 heteroatoms. The molecule has 0 bridgehead atoms. The summed E-state index contributed by atoms with van der Waals surface area (Å²) in [5, 5.41) is 11.7. The molecule has 3 fully saturated rings. The number of aromatic hydroxyl groups is 1. The average molecular weight is 721 g/mol. The minimum absolute atomic E-state index is 0.0487. The number of morpholine rings is 1. The number of rotatable bonds is 6. The van der Waals surface area contributed by atoms with Gasteiger partial charge in [-0.25, -0.2) is 0 Å². The van der Waals surface area contributed by atoms with Crippen LogP contribution in [0.5, 0.6) is 11.5 Å². The quantitative estimate of drug-likeness (QED) is 0.183. The van der Waals surface area contributed by atoms with E-state index >= 15 is 9.59 Å². The van der Waals surface area contributed by atoms with Crippen molar-refractivity contribution in [1.29, 1.82) is 0 Å². The lowest BCUT2D eigenvalue weighted by atomic mass is 9.44. The Labute approximate surface area is 313 Å². The van der Waals surface area contributed by atoms with Crippen molar-refractivity contribution in [2.75, 3.05) is 43.2 Å². The highest BCUT2D eigenvalue weighted by molar-refractivity contribution is 6.32. The van der Waals surface area contributed by atoms with Gasteiger partial charge in [-0.3, -0.25) is 24.1 Å². The second-order valence-corrected chi connectivity index (χ2v) is 14.8. The molecule has 5 aliphatic rings. The molecule has 4 aromatic rings. The van der Waals surface area contributed by atoms with Gasteiger partial charge < -0.3 is 19.5 Å². The van der Waals surface area contributed by atoms with Crippen LogP contribution in [0.15, 0.2) is 121 Å². The zero-order chi connectivity index (χ0) is 37.1. The Hall–Kier alpha value is -5.80. The fourth-order valence-electron chi connectivity index (χ4n) is 10.00. The Morgan fingerprint density at radius 3 is 2.19 bits per heavy atom. The number of fused-ring (bicyclic) bond motifs is 4. The third-order valence-electron chi connectivity index (χ3n) is 12.4. The Bertz CT molecular complexity index is 2230. The van der Waals surface area contributed by atoms with Gasteiger partial charge in [-0.2, -0.15) is 0 Å². The number of hydrogen-bond donors (Lipinski definition) is 1. The maximum absolute atomic E-state index is 15.2. The standard InChI is InChI=1S/C45H40N2O7/c1-53-31-16-19-38(48)36(24-31)41-32-17-18-33-40(44(52)47(43(33)51)30-14-12-29(13-15-30)46-20-22-54-23-21-46)35(32)25-37-42(50)34(27-8-4-2-5-9-27)26-39(49)45(37,41)28-10-6-3-7-11-28/h2-17,19,24,26,33,35,37,40-41,48H,18,20-23,25H2,1H3. The van der Waals surface area contributed by atoms with E-state index < -0.39 is 35.0 Å². The topological polar surface area (TPSA) is 113 Å². The summed E-state index contributed by atoms with van der Waals surface area (Å²) in [6.45, 7) is 2.81. The number of benzene rings is 4. The molecule has 0 spiro atoms. The first kappa shape index (κ1) is 34.0. The van der Waals surface area contributed by atoms with Crippen LogP contribution < -0.4 is 14.5 Å². The average Bonchev–Trinajstić information content (AvgIpc) is 3.48. The Morgan fingerprint density at radius 2 is 1.48 bits per heavy atom. The fraction of sp³-hybridized carbons (Fsp3) is 0.289. The second-order valence-electron chi connectivity index (χ2n) is 14.8. The molecule has 9 nitrogen and oxygen atoms in total. The minimum atomic E-state index is -1.45. The summed E-state index contributed by atoms with van der Waals surface area (Å²) in [5.41, 5.74) is 2.88. The first-order chi connectivity index (χ1) is 26.3. The SMILES string of the molecule is COc1ccc(O)c(C2C3=CCC4C(=O)N(c5ccc(N6CCOCC6)cc5)C(=O)C4C3CC3C(=O)C(c4ccccc4)=CC(=O)C32c2ccccc2)c1. The lowest BCUT2D eigenvalue weighted by Gasteiger charge is -2.55. The van der Waals surface area contributed by atoms with E-state index in [4.69, 9.17) is 9.47 Å². The number of Topliss-reactive ketones (excluding diaryl/α,β-unsaturated/α-hetero) is 1. The summed E-state index contributed by atoms with van der Waals surface area (Å²) in [6, 6.07) is 31.0. The summed E-state index contributed by atoms with van der Waals surface area (Å²) < 4.78 is 11.1. The number of allylic oxidation sites excluding steroid dienone is 4. The summed E-state index contributed by atoms with van der Waals surface area (Å²) in [7, 11) is 1.54. The van der Waals surface area contributed by atoms with Gasteiger partial charge in [0.25, 0.3) is 0 Å². The van der Waals surface area contributed by atoms with Crippen molar-refractivity contribution in [1.82, 2.24) is 0 Å². The van der Waals surface area contributed by atoms with Crippen LogP contribution in [-0.2, 0) is 29.3 Å². The number of ether oxygens (including phenoxy) is 2. The number of nitrogens with zero attached hydrogens (tertiary/aromatic N) is 2. The maximum Gasteiger partial charge on any atom is 0.238 e. The summed E-state index contributed by atoms with van der Waals surface area (Å²) in [5.74, 6) is -4.29. The summed E-state index contributed by atoms with van der Waals surface area (Å²) >= 11 is 0. The van der Waals surface area contributed by atoms with E-state index in [2.05, 4.69) is 4.90 Å². The normalized spacial score (nSPS) is 27.8. The lowest BCUT2D eigenvalue weighted by Crippen LogP contribution is -2.58. The predicted molar refractivity (Wildman–Crippen MR) is 203 cm³/mol. The van der Waals surface area contributed by atoms with E-state index in [-0.39, 0.29) is 42.0 Å². The lowest BCUT2D eigenvalue weighted by molar-refractivity contribution is -0.135. The van der Waals surface area contributed by atoms with Gasteiger partial charge in [-0.05, 0) is 78.4 Å². The number of phenolic OH excluding ortho intramolecular Hbond substituents is 1. The van der Waals surface area contributed by atoms with Crippen LogP contribution in [0.4, 0.5) is 11.4 Å². The predicted octanol–water partition coefficient (Wildman–Crippen LogP) is 6.27. The molecule has 3 aliphatic carbocycles. The first-order valence-electron chi connectivity index (χ1n) is 18.6. The molecule has 6 atom stereocenters. The van der Waals surface area contributed by atoms with Gasteiger partial charge in [0.05, 0.1) is 43.3 Å². The van der Waals surface area contributed by atoms with Crippen molar-refractivity contribution in [2.45, 2.75) is 24.2 Å². The molecule has 2 aliphatic heterocycles. The van der Waals surface area contributed by atoms with Crippen LogP contribution in [0.2, 0.25) is 0 Å². The van der Waals surface area contributed by atoms with Crippen molar-refractivity contribution in [3.05, 3.63) is 138 Å². The number of anilines is 2. The summed E-state index contributed by atoms with van der Waals surface area (Å²) in [4.78, 5) is 62.9. The van der Waals surface area contributed by atoms with Crippen LogP contribution >= 0.6 is 0 Å². The molecule has 54 heavy (non-hydrogen) atoms. The molecule has 4 aromatic carbocycles. The number of hydrogen-bond acceptors (Lipinski definition) is 8. The number of ketones is 2. The van der Waals surface area contributed by atoms with Crippen LogP contribution in [0, 0.1) is 23.7 Å². The van der Waals surface area contributed by atoms with Gasteiger partial charge in [0.15, 0.2) is 11.6 Å². The Morgan fingerprint density at radius 1 is 0.796 bits per heavy atom. The molecule has 6 unspecified atom stereocenters. The van der Waals surface area contributed by atoms with Crippen molar-refractivity contribution in [3.63, 3.8) is 0 Å². The Kier molecular flexibility index (Phi) is 8.34. The minimum Gasteiger partial charge on any atom is -0.508 e. The van der Waals surface area contributed by atoms with Crippen molar-refractivity contribution in [2.24, 2.45) is 23.7 Å². The zero-order valence-corrected chi connectivity index (χ0v) is 29.9. The van der Waals surface area contributed by atoms with Gasteiger partial charge in [0.2, 0.25) is 11.8 Å². The number of carbonyl (C=O) groups excluding carboxylic acids is 4. The van der Waals surface area contributed by atoms with Gasteiger partial charge in [-0.1, -0.05) is 72.3 Å². The number of imide groups is 1. The number of carbonyl (C=O) groups is 4. The van der Waals surface area contributed by atoms with E-state index in [1.54, 1.807) is 18.2 Å². The number of methoxy groups -OCH3 is 1. The van der Waals surface area contributed by atoms with E-state index in [0.717, 1.165) is 24.4 Å². The van der Waals surface area contributed by atoms with E-state index in [0.29, 0.717) is 46.9 Å². The third-order valence-corrected chi connectivity index (χ3v) is 12.4. The van der Waals surface area contributed by atoms with Crippen molar-refractivity contribution < 1.29 is 33.8 Å². The molecule has 2 heterocycles. The van der Waals surface area contributed by atoms with Crippen LogP contribution in [0.1, 0.15) is 35.4 Å². The van der Waals surface area contributed by atoms with Gasteiger partial charge in [0, 0.05) is 41.7 Å². The monoisotopic (exact) mass is 720 g/mol. The molecule has 272 valence electrons. The molecule has 0 radical (unpaired) electrons.